The van der Waals surface area contributed by atoms with Crippen LogP contribution in [0.2, 0.25) is 0 Å². The van der Waals surface area contributed by atoms with E-state index in [4.69, 9.17) is 23.7 Å². The minimum atomic E-state index is -1.15. The van der Waals surface area contributed by atoms with Crippen molar-refractivity contribution in [2.75, 3.05) is 26.9 Å². The van der Waals surface area contributed by atoms with Gasteiger partial charge in [0.25, 0.3) is 0 Å². The number of ether oxygens (including phenoxy) is 5. The van der Waals surface area contributed by atoms with Gasteiger partial charge in [0.15, 0.2) is 0 Å². The Morgan fingerprint density at radius 2 is 1.88 bits per heavy atom. The van der Waals surface area contributed by atoms with Gasteiger partial charge >= 0.3 is 12.2 Å². The normalized spacial score (nSPS) is 20.3. The number of pyridine rings is 1. The fourth-order valence-electron chi connectivity index (χ4n) is 6.03. The minimum absolute atomic E-state index is 0.0419. The highest BCUT2D eigenvalue weighted by molar-refractivity contribution is 5.68. The number of benzene rings is 2. The molecule has 2 aliphatic heterocycles. The van der Waals surface area contributed by atoms with E-state index in [1.165, 1.54) is 0 Å². The van der Waals surface area contributed by atoms with Crippen LogP contribution in [0, 0.1) is 5.92 Å². The molecule has 3 aliphatic rings. The van der Waals surface area contributed by atoms with Crippen molar-refractivity contribution in [2.24, 2.45) is 5.92 Å². The van der Waals surface area contributed by atoms with E-state index in [0.717, 1.165) is 40.7 Å². The molecule has 0 saturated carbocycles. The zero-order chi connectivity index (χ0) is 34.7. The predicted octanol–water partition coefficient (Wildman–Crippen LogP) is 5.06. The Bertz CT molecular complexity index is 1660. The van der Waals surface area contributed by atoms with Crippen LogP contribution in [0.4, 0.5) is 9.59 Å². The van der Waals surface area contributed by atoms with Crippen LogP contribution in [0.25, 0.3) is 11.1 Å². The summed E-state index contributed by atoms with van der Waals surface area (Å²) < 4.78 is 27.5. The average molecular weight is 683 g/mol. The van der Waals surface area contributed by atoms with Gasteiger partial charge in [-0.15, -0.1) is 0 Å². The molecular formula is C38H42N4O8. The number of rotatable bonds is 14. The predicted molar refractivity (Wildman–Crippen MR) is 184 cm³/mol. The van der Waals surface area contributed by atoms with E-state index in [1.807, 2.05) is 78.9 Å². The lowest BCUT2D eigenvalue weighted by Crippen LogP contribution is -2.53. The fraction of sp³-hybridized carbons (Fsp3) is 0.342. The third-order valence-electron chi connectivity index (χ3n) is 8.79. The van der Waals surface area contributed by atoms with E-state index in [1.54, 1.807) is 30.8 Å². The van der Waals surface area contributed by atoms with Gasteiger partial charge in [-0.1, -0.05) is 60.7 Å². The van der Waals surface area contributed by atoms with Gasteiger partial charge in [-0.25, -0.2) is 14.6 Å². The summed E-state index contributed by atoms with van der Waals surface area (Å²) in [6, 6.07) is 18.3. The van der Waals surface area contributed by atoms with Gasteiger partial charge in [0.1, 0.15) is 18.5 Å². The lowest BCUT2D eigenvalue weighted by Gasteiger charge is -2.30. The zero-order valence-electron chi connectivity index (χ0n) is 27.9. The van der Waals surface area contributed by atoms with Crippen LogP contribution < -0.4 is 15.5 Å². The number of amides is 2. The summed E-state index contributed by atoms with van der Waals surface area (Å²) in [5.74, 6) is 0.477. The molecule has 50 heavy (non-hydrogen) atoms. The van der Waals surface area contributed by atoms with E-state index >= 15 is 0 Å². The first-order valence-corrected chi connectivity index (χ1v) is 16.7. The molecule has 2 amide bonds. The van der Waals surface area contributed by atoms with Crippen molar-refractivity contribution in [3.05, 3.63) is 120 Å². The number of aliphatic hydroxyl groups excluding tert-OH is 1. The number of carbonyl (C=O) groups is 2. The van der Waals surface area contributed by atoms with E-state index in [2.05, 4.69) is 21.8 Å². The Balaban J connectivity index is 1.17. The molecule has 262 valence electrons. The highest BCUT2D eigenvalue weighted by Crippen LogP contribution is 2.31. The highest BCUT2D eigenvalue weighted by atomic mass is 16.7. The van der Waals surface area contributed by atoms with Crippen LogP contribution in [0.5, 0.6) is 5.75 Å². The van der Waals surface area contributed by atoms with E-state index in [-0.39, 0.29) is 38.6 Å². The average Bonchev–Trinajstić information content (AvgIpc) is 3.77. The Hall–Kier alpha value is -5.17. The number of nitrogens with zero attached hydrogens (tertiary/aromatic N) is 2. The van der Waals surface area contributed by atoms with Crippen molar-refractivity contribution in [3.63, 3.8) is 0 Å². The summed E-state index contributed by atoms with van der Waals surface area (Å²) in [6.07, 6.45) is 11.3. The summed E-state index contributed by atoms with van der Waals surface area (Å²) in [4.78, 5) is 30.5. The third kappa shape index (κ3) is 9.50. The summed E-state index contributed by atoms with van der Waals surface area (Å²) in [5, 5.41) is 16.2. The molecule has 6 rings (SSSR count). The SMILES string of the molecule is COc1ccc(C[C@H](NC(=O)O[C@H]2CO[C@H]3OC=C[C@H]32)[C@@H](O)CN(Cc2ccc(-c3cccnc3)cc2)NC(=O)OCC2=CC=CCC2)cc1. The number of aromatic nitrogens is 1. The van der Waals surface area contributed by atoms with E-state index in [0.29, 0.717) is 5.75 Å². The van der Waals surface area contributed by atoms with Crippen LogP contribution in [0.3, 0.4) is 0 Å². The second kappa shape index (κ2) is 17.0. The molecule has 12 heteroatoms. The molecule has 1 saturated heterocycles. The molecule has 5 atom stereocenters. The van der Waals surface area contributed by atoms with Crippen LogP contribution >= 0.6 is 0 Å². The van der Waals surface area contributed by atoms with Crippen molar-refractivity contribution in [3.8, 4) is 16.9 Å². The maximum atomic E-state index is 13.2. The van der Waals surface area contributed by atoms with E-state index < -0.39 is 36.7 Å². The standard InChI is InChI=1S/C38H42N4O8/c1-46-31-15-11-26(12-16-31)20-33(40-37(44)50-35-25-48-36-32(35)17-19-47-36)34(43)23-42(41-38(45)49-24-28-6-3-2-4-7-28)22-27-9-13-29(14-10-27)30-8-5-18-39-21-30/h2-3,5-6,8-19,21,32-36,43H,4,7,20,22-25H2,1H3,(H,40,44)(H,41,45)/t32-,33-,34-,35-,36+/m0/s1. The first-order valence-electron chi connectivity index (χ1n) is 16.7. The highest BCUT2D eigenvalue weighted by Gasteiger charge is 2.42. The first kappa shape index (κ1) is 34.7. The molecule has 1 fully saturated rings. The van der Waals surface area contributed by atoms with Crippen LogP contribution in [0.1, 0.15) is 24.0 Å². The third-order valence-corrected chi connectivity index (χ3v) is 8.79. The minimum Gasteiger partial charge on any atom is -0.497 e. The molecule has 1 aromatic heterocycles. The van der Waals surface area contributed by atoms with Crippen molar-refractivity contribution in [1.29, 1.82) is 0 Å². The number of alkyl carbamates (subject to hydrolysis) is 1. The smallest absolute Gasteiger partial charge is 0.422 e. The topological polar surface area (TPSA) is 141 Å². The number of allylic oxidation sites excluding steroid dienone is 3. The molecule has 3 aromatic rings. The number of methoxy groups -OCH3 is 1. The molecule has 12 nitrogen and oxygen atoms in total. The van der Waals surface area contributed by atoms with E-state index in [9.17, 15) is 14.7 Å². The number of fused-ring (bicyclic) bond motifs is 1. The monoisotopic (exact) mass is 682 g/mol. The quantitative estimate of drug-likeness (QED) is 0.198. The Kier molecular flexibility index (Phi) is 11.8. The molecule has 0 bridgehead atoms. The maximum Gasteiger partial charge on any atom is 0.422 e. The van der Waals surface area contributed by atoms with Crippen molar-refractivity contribution < 1.29 is 38.4 Å². The van der Waals surface area contributed by atoms with Crippen LogP contribution in [-0.4, -0.2) is 78.7 Å². The van der Waals surface area contributed by atoms with Gasteiger partial charge in [0.2, 0.25) is 6.29 Å². The molecule has 0 spiro atoms. The van der Waals surface area contributed by atoms with Crippen LogP contribution in [0.15, 0.2) is 109 Å². The lowest BCUT2D eigenvalue weighted by molar-refractivity contribution is -0.0690. The fourth-order valence-corrected chi connectivity index (χ4v) is 6.03. The number of hydrogen-bond acceptors (Lipinski definition) is 10. The maximum absolute atomic E-state index is 13.2. The molecular weight excluding hydrogens is 640 g/mol. The number of aliphatic hydroxyl groups is 1. The van der Waals surface area contributed by atoms with Crippen molar-refractivity contribution in [2.45, 2.75) is 50.3 Å². The van der Waals surface area contributed by atoms with Gasteiger partial charge in [0.05, 0.1) is 38.0 Å². The number of carbonyl (C=O) groups excluding carboxylic acids is 2. The Morgan fingerprint density at radius 1 is 1.06 bits per heavy atom. The molecule has 0 unspecified atom stereocenters. The molecule has 2 aromatic carbocycles. The summed E-state index contributed by atoms with van der Waals surface area (Å²) >= 11 is 0. The van der Waals surface area contributed by atoms with Gasteiger partial charge in [-0.3, -0.25) is 10.4 Å². The van der Waals surface area contributed by atoms with Crippen LogP contribution in [-0.2, 0) is 31.9 Å². The summed E-state index contributed by atoms with van der Waals surface area (Å²) in [7, 11) is 1.59. The summed E-state index contributed by atoms with van der Waals surface area (Å²) in [6.45, 7) is 0.567. The first-order chi connectivity index (χ1) is 24.4. The lowest BCUT2D eigenvalue weighted by atomic mass is 10.0. The molecule has 3 N–H and O–H groups in total. The molecule has 1 aliphatic carbocycles. The zero-order valence-corrected chi connectivity index (χ0v) is 27.9. The second-order valence-corrected chi connectivity index (χ2v) is 12.4. The van der Waals surface area contributed by atoms with Gasteiger partial charge < -0.3 is 34.1 Å². The number of hydrazine groups is 1. The molecule has 0 radical (unpaired) electrons. The van der Waals surface area contributed by atoms with Gasteiger partial charge in [0, 0.05) is 25.5 Å². The second-order valence-electron chi connectivity index (χ2n) is 12.4. The van der Waals surface area contributed by atoms with Gasteiger partial charge in [-0.2, -0.15) is 0 Å². The Morgan fingerprint density at radius 3 is 2.62 bits per heavy atom. The number of hydrogen-bond donors (Lipinski definition) is 3. The van der Waals surface area contributed by atoms with Crippen molar-refractivity contribution >= 4 is 12.2 Å². The van der Waals surface area contributed by atoms with Crippen molar-refractivity contribution in [1.82, 2.24) is 20.7 Å². The Labute approximate surface area is 291 Å². The largest absolute Gasteiger partial charge is 0.497 e. The molecule has 3 heterocycles. The summed E-state index contributed by atoms with van der Waals surface area (Å²) in [5.41, 5.74) is 7.54. The number of nitrogens with one attached hydrogen (secondary N) is 2. The van der Waals surface area contributed by atoms with Gasteiger partial charge in [-0.05, 0) is 71.4 Å².